The summed E-state index contributed by atoms with van der Waals surface area (Å²) in [6.07, 6.45) is 3.63. The summed E-state index contributed by atoms with van der Waals surface area (Å²) in [4.78, 5) is 10.1. The van der Waals surface area contributed by atoms with Crippen molar-refractivity contribution in [2.24, 2.45) is 5.73 Å². The highest BCUT2D eigenvalue weighted by Crippen LogP contribution is 2.10. The maximum absolute atomic E-state index is 7.15. The zero-order valence-electron chi connectivity index (χ0n) is 8.57. The topological polar surface area (TPSA) is 78.9 Å². The van der Waals surface area contributed by atoms with Crippen LogP contribution in [0.15, 0.2) is 12.4 Å². The number of nitrogens with one attached hydrogen (secondary N) is 1. The molecule has 15 heavy (non-hydrogen) atoms. The van der Waals surface area contributed by atoms with Crippen LogP contribution in [0.3, 0.4) is 0 Å². The Morgan fingerprint density at radius 2 is 2.13 bits per heavy atom. The largest absolute Gasteiger partial charge is 0.388 e. The minimum absolute atomic E-state index is 0.169. The average Bonchev–Trinajstić information content (AvgIpc) is 2.21. The fourth-order valence-corrected chi connectivity index (χ4v) is 1.22. The fourth-order valence-electron chi connectivity index (χ4n) is 1.12. The van der Waals surface area contributed by atoms with Crippen LogP contribution in [0.5, 0.6) is 0 Å². The molecule has 0 bridgehead atoms. The lowest BCUT2D eigenvalue weighted by atomic mass is 10.3. The second-order valence-electron chi connectivity index (χ2n) is 3.06. The lowest BCUT2D eigenvalue weighted by Crippen LogP contribution is -2.29. The quantitative estimate of drug-likeness (QED) is 0.587. The Hall–Kier alpha value is -1.36. The monoisotopic (exact) mass is 227 g/mol. The zero-order valence-corrected chi connectivity index (χ0v) is 9.33. The molecule has 0 fully saturated rings. The molecule has 1 aromatic heterocycles. The van der Waals surface area contributed by atoms with Crippen LogP contribution >= 0.6 is 11.6 Å². The van der Waals surface area contributed by atoms with E-state index < -0.39 is 0 Å². The summed E-state index contributed by atoms with van der Waals surface area (Å²) in [7, 11) is 0. The van der Waals surface area contributed by atoms with Gasteiger partial charge in [0.25, 0.3) is 0 Å². The number of nitrogens with zero attached hydrogens (tertiary/aromatic N) is 3. The van der Waals surface area contributed by atoms with Gasteiger partial charge in [0.05, 0.1) is 23.3 Å². The molecule has 0 amide bonds. The standard InChI is InChI=1S/C9H14ClN5/c1-2-15(4-3-8(11)12)9-13-5-7(10)6-14-9/h5-6H,2-4H2,1H3,(H3,11,12). The van der Waals surface area contributed by atoms with Crippen molar-refractivity contribution < 1.29 is 0 Å². The molecule has 5 nitrogen and oxygen atoms in total. The minimum Gasteiger partial charge on any atom is -0.388 e. The lowest BCUT2D eigenvalue weighted by molar-refractivity contribution is 0.794. The summed E-state index contributed by atoms with van der Waals surface area (Å²) >= 11 is 5.69. The molecule has 0 saturated carbocycles. The number of amidine groups is 1. The Kier molecular flexibility index (Phi) is 4.30. The first-order valence-electron chi connectivity index (χ1n) is 4.69. The van der Waals surface area contributed by atoms with Crippen LogP contribution < -0.4 is 10.6 Å². The molecule has 0 radical (unpaired) electrons. The minimum atomic E-state index is 0.169. The van der Waals surface area contributed by atoms with Gasteiger partial charge in [-0.1, -0.05) is 11.6 Å². The molecule has 0 aliphatic carbocycles. The molecule has 0 aromatic carbocycles. The highest BCUT2D eigenvalue weighted by Gasteiger charge is 2.07. The van der Waals surface area contributed by atoms with Crippen molar-refractivity contribution >= 4 is 23.4 Å². The Bertz CT molecular complexity index is 324. The summed E-state index contributed by atoms with van der Waals surface area (Å²) in [6.45, 7) is 3.42. The van der Waals surface area contributed by atoms with Crippen molar-refractivity contribution in [2.45, 2.75) is 13.3 Å². The Morgan fingerprint density at radius 3 is 2.60 bits per heavy atom. The molecule has 0 aliphatic rings. The maximum Gasteiger partial charge on any atom is 0.225 e. The van der Waals surface area contributed by atoms with Gasteiger partial charge in [0.2, 0.25) is 5.95 Å². The number of halogens is 1. The molecule has 1 aromatic rings. The summed E-state index contributed by atoms with van der Waals surface area (Å²) in [5.74, 6) is 0.783. The zero-order chi connectivity index (χ0) is 11.3. The first kappa shape index (κ1) is 11.7. The van der Waals surface area contributed by atoms with E-state index in [1.54, 1.807) is 12.4 Å². The first-order valence-corrected chi connectivity index (χ1v) is 5.06. The smallest absolute Gasteiger partial charge is 0.225 e. The third-order valence-electron chi connectivity index (χ3n) is 1.92. The molecule has 1 rings (SSSR count). The van der Waals surface area contributed by atoms with Crippen molar-refractivity contribution in [1.29, 1.82) is 5.41 Å². The summed E-state index contributed by atoms with van der Waals surface area (Å²) in [6, 6.07) is 0. The molecular formula is C9H14ClN5. The van der Waals surface area contributed by atoms with Crippen molar-refractivity contribution in [3.63, 3.8) is 0 Å². The molecule has 0 spiro atoms. The highest BCUT2D eigenvalue weighted by atomic mass is 35.5. The van der Waals surface area contributed by atoms with E-state index in [0.29, 0.717) is 23.9 Å². The third-order valence-corrected chi connectivity index (χ3v) is 2.12. The molecule has 6 heteroatoms. The summed E-state index contributed by atoms with van der Waals surface area (Å²) in [5.41, 5.74) is 5.29. The second-order valence-corrected chi connectivity index (χ2v) is 3.49. The molecule has 82 valence electrons. The van der Waals surface area contributed by atoms with Gasteiger partial charge in [-0.25, -0.2) is 9.97 Å². The molecule has 0 aliphatic heterocycles. The van der Waals surface area contributed by atoms with Crippen molar-refractivity contribution in [1.82, 2.24) is 9.97 Å². The van der Waals surface area contributed by atoms with E-state index in [-0.39, 0.29) is 5.84 Å². The van der Waals surface area contributed by atoms with Gasteiger partial charge in [-0.15, -0.1) is 0 Å². The molecule has 0 unspecified atom stereocenters. The number of hydrogen-bond donors (Lipinski definition) is 2. The van der Waals surface area contributed by atoms with Crippen molar-refractivity contribution in [3.8, 4) is 0 Å². The number of hydrogen-bond acceptors (Lipinski definition) is 4. The van der Waals surface area contributed by atoms with Gasteiger partial charge in [-0.05, 0) is 6.92 Å². The van der Waals surface area contributed by atoms with Gasteiger partial charge in [-0.3, -0.25) is 5.41 Å². The average molecular weight is 228 g/mol. The van der Waals surface area contributed by atoms with Crippen LogP contribution in [0.1, 0.15) is 13.3 Å². The fraction of sp³-hybridized carbons (Fsp3) is 0.444. The van der Waals surface area contributed by atoms with E-state index >= 15 is 0 Å². The van der Waals surface area contributed by atoms with Gasteiger partial charge in [0.15, 0.2) is 0 Å². The van der Waals surface area contributed by atoms with Crippen LogP contribution in [0.2, 0.25) is 5.02 Å². The van der Waals surface area contributed by atoms with E-state index in [9.17, 15) is 0 Å². The van der Waals surface area contributed by atoms with Crippen LogP contribution in [0.25, 0.3) is 0 Å². The number of nitrogens with two attached hydrogens (primary N) is 1. The molecule has 3 N–H and O–H groups in total. The van der Waals surface area contributed by atoms with E-state index in [2.05, 4.69) is 9.97 Å². The first-order chi connectivity index (χ1) is 7.13. The highest BCUT2D eigenvalue weighted by molar-refractivity contribution is 6.30. The Balaban J connectivity index is 2.65. The Labute approximate surface area is 93.8 Å². The van der Waals surface area contributed by atoms with E-state index in [1.807, 2.05) is 11.8 Å². The molecule has 0 saturated heterocycles. The van der Waals surface area contributed by atoms with Gasteiger partial charge < -0.3 is 10.6 Å². The molecule has 1 heterocycles. The molecular weight excluding hydrogens is 214 g/mol. The predicted molar refractivity (Wildman–Crippen MR) is 61.5 cm³/mol. The normalized spacial score (nSPS) is 10.0. The van der Waals surface area contributed by atoms with Gasteiger partial charge in [0.1, 0.15) is 0 Å². The van der Waals surface area contributed by atoms with E-state index in [0.717, 1.165) is 6.54 Å². The number of aromatic nitrogens is 2. The van der Waals surface area contributed by atoms with Crippen molar-refractivity contribution in [3.05, 3.63) is 17.4 Å². The Morgan fingerprint density at radius 1 is 1.53 bits per heavy atom. The van der Waals surface area contributed by atoms with E-state index in [4.69, 9.17) is 22.7 Å². The predicted octanol–water partition coefficient (Wildman–Crippen LogP) is 1.28. The van der Waals surface area contributed by atoms with Gasteiger partial charge in [0, 0.05) is 19.5 Å². The summed E-state index contributed by atoms with van der Waals surface area (Å²) < 4.78 is 0. The van der Waals surface area contributed by atoms with Gasteiger partial charge >= 0.3 is 0 Å². The van der Waals surface area contributed by atoms with Crippen LogP contribution in [-0.2, 0) is 0 Å². The second kappa shape index (κ2) is 5.50. The SMILES string of the molecule is CCN(CCC(=N)N)c1ncc(Cl)cn1. The summed E-state index contributed by atoms with van der Waals surface area (Å²) in [5, 5.41) is 7.66. The van der Waals surface area contributed by atoms with Crippen LogP contribution in [0, 0.1) is 5.41 Å². The third kappa shape index (κ3) is 3.71. The van der Waals surface area contributed by atoms with E-state index in [1.165, 1.54) is 0 Å². The lowest BCUT2D eigenvalue weighted by Gasteiger charge is -2.19. The maximum atomic E-state index is 7.15. The number of anilines is 1. The van der Waals surface area contributed by atoms with Crippen LogP contribution in [0.4, 0.5) is 5.95 Å². The molecule has 0 atom stereocenters. The van der Waals surface area contributed by atoms with Gasteiger partial charge in [-0.2, -0.15) is 0 Å². The van der Waals surface area contributed by atoms with Crippen LogP contribution in [-0.4, -0.2) is 28.9 Å². The van der Waals surface area contributed by atoms with Crippen molar-refractivity contribution in [2.75, 3.05) is 18.0 Å². The number of rotatable bonds is 5.